The molecule has 1 heterocycles. The first-order valence-electron chi connectivity index (χ1n) is 5.23. The summed E-state index contributed by atoms with van der Waals surface area (Å²) < 4.78 is 4.84. The van der Waals surface area contributed by atoms with E-state index in [9.17, 15) is 0 Å². The molecule has 0 aliphatic carbocycles. The van der Waals surface area contributed by atoms with Crippen molar-refractivity contribution >= 4 is 0 Å². The molecule has 2 rings (SSSR count). The summed E-state index contributed by atoms with van der Waals surface area (Å²) in [5.41, 5.74) is 2.40. The smallest absolute Gasteiger partial charge is 0.227 e. The lowest BCUT2D eigenvalue weighted by Crippen LogP contribution is -2.10. The van der Waals surface area contributed by atoms with Crippen molar-refractivity contribution in [1.29, 1.82) is 0 Å². The summed E-state index contributed by atoms with van der Waals surface area (Å²) in [6.07, 6.45) is 0. The number of benzene rings is 1. The first-order valence-corrected chi connectivity index (χ1v) is 5.23. The van der Waals surface area contributed by atoms with Gasteiger partial charge in [-0.2, -0.15) is 4.98 Å². The van der Waals surface area contributed by atoms with Gasteiger partial charge in [0.2, 0.25) is 11.7 Å². The van der Waals surface area contributed by atoms with Gasteiger partial charge in [0.1, 0.15) is 0 Å². The first-order chi connectivity index (χ1) is 7.47. The van der Waals surface area contributed by atoms with Gasteiger partial charge in [-0.25, -0.2) is 0 Å². The molecule has 0 spiro atoms. The predicted molar refractivity (Wildman–Crippen MR) is 62.9 cm³/mol. The summed E-state index contributed by atoms with van der Waals surface area (Å²) in [5, 5.41) is 3.83. The molecule has 0 atom stereocenters. The van der Waals surface area contributed by atoms with E-state index >= 15 is 0 Å². The van der Waals surface area contributed by atoms with Gasteiger partial charge in [-0.15, -0.1) is 0 Å². The van der Waals surface area contributed by atoms with Crippen LogP contribution >= 0.6 is 0 Å². The summed E-state index contributed by atoms with van der Waals surface area (Å²) in [6, 6.07) is 8.19. The van der Waals surface area contributed by atoms with Crippen LogP contribution in [-0.2, 0) is 5.41 Å². The van der Waals surface area contributed by atoms with Gasteiger partial charge < -0.3 is 4.52 Å². The average Bonchev–Trinajstić information content (AvgIpc) is 2.64. The Kier molecular flexibility index (Phi) is 2.54. The Balaban J connectivity index is 2.33. The molecule has 0 saturated carbocycles. The van der Waals surface area contributed by atoms with Gasteiger partial charge in [0.05, 0.1) is 0 Å². The van der Waals surface area contributed by atoms with E-state index in [0.29, 0.717) is 11.7 Å². The Labute approximate surface area is 95.5 Å². The minimum atomic E-state index is 0.160. The van der Waals surface area contributed by atoms with Crippen molar-refractivity contribution in [2.24, 2.45) is 0 Å². The highest BCUT2D eigenvalue weighted by Crippen LogP contribution is 2.24. The SMILES string of the molecule is [CH2]c1nc(-c2ccc(C(C)(C)C)cc2)no1. The molecule has 16 heavy (non-hydrogen) atoms. The molecule has 83 valence electrons. The number of rotatable bonds is 1. The lowest BCUT2D eigenvalue weighted by atomic mass is 9.87. The van der Waals surface area contributed by atoms with Gasteiger partial charge in [0, 0.05) is 12.5 Å². The van der Waals surface area contributed by atoms with Gasteiger partial charge in [-0.1, -0.05) is 50.2 Å². The molecule has 2 aromatic rings. The summed E-state index contributed by atoms with van der Waals surface area (Å²) in [6.45, 7) is 10.1. The lowest BCUT2D eigenvalue weighted by Gasteiger charge is -2.18. The fourth-order valence-electron chi connectivity index (χ4n) is 1.49. The second kappa shape index (κ2) is 3.74. The Morgan fingerprint density at radius 1 is 1.12 bits per heavy atom. The maximum Gasteiger partial charge on any atom is 0.227 e. The molecule has 3 nitrogen and oxygen atoms in total. The maximum absolute atomic E-state index is 4.84. The van der Waals surface area contributed by atoms with Gasteiger partial charge in [-0.05, 0) is 11.0 Å². The van der Waals surface area contributed by atoms with Crippen LogP contribution in [0.5, 0.6) is 0 Å². The normalized spacial score (nSPS) is 11.8. The van der Waals surface area contributed by atoms with Crippen LogP contribution in [0.2, 0.25) is 0 Å². The Hall–Kier alpha value is -1.64. The number of nitrogens with zero attached hydrogens (tertiary/aromatic N) is 2. The van der Waals surface area contributed by atoms with E-state index in [2.05, 4.69) is 50.0 Å². The third-order valence-electron chi connectivity index (χ3n) is 2.48. The average molecular weight is 215 g/mol. The van der Waals surface area contributed by atoms with Crippen LogP contribution in [0.4, 0.5) is 0 Å². The summed E-state index contributed by atoms with van der Waals surface area (Å²) >= 11 is 0. The highest BCUT2D eigenvalue weighted by Gasteiger charge is 2.13. The Morgan fingerprint density at radius 2 is 1.75 bits per heavy atom. The van der Waals surface area contributed by atoms with Gasteiger partial charge in [-0.3, -0.25) is 0 Å². The van der Waals surface area contributed by atoms with Crippen molar-refractivity contribution in [3.63, 3.8) is 0 Å². The predicted octanol–water partition coefficient (Wildman–Crippen LogP) is 3.22. The second-order valence-corrected chi connectivity index (χ2v) is 4.84. The van der Waals surface area contributed by atoms with Gasteiger partial charge in [0.25, 0.3) is 0 Å². The van der Waals surface area contributed by atoms with E-state index in [-0.39, 0.29) is 5.41 Å². The molecule has 0 aliphatic heterocycles. The largest absolute Gasteiger partial charge is 0.339 e. The Bertz CT molecular complexity index is 477. The van der Waals surface area contributed by atoms with Crippen LogP contribution < -0.4 is 0 Å². The quantitative estimate of drug-likeness (QED) is 0.733. The molecular formula is C13H15N2O. The third kappa shape index (κ3) is 2.13. The molecule has 0 bridgehead atoms. The van der Waals surface area contributed by atoms with Crippen LogP contribution in [0.25, 0.3) is 11.4 Å². The van der Waals surface area contributed by atoms with E-state index < -0.39 is 0 Å². The van der Waals surface area contributed by atoms with E-state index in [1.54, 1.807) is 0 Å². The fraction of sp³-hybridized carbons (Fsp3) is 0.308. The van der Waals surface area contributed by atoms with Gasteiger partial charge in [0.15, 0.2) is 0 Å². The van der Waals surface area contributed by atoms with Crippen molar-refractivity contribution in [2.75, 3.05) is 0 Å². The zero-order chi connectivity index (χ0) is 11.8. The summed E-state index contributed by atoms with van der Waals surface area (Å²) in [7, 11) is 0. The minimum Gasteiger partial charge on any atom is -0.339 e. The van der Waals surface area contributed by atoms with Crippen molar-refractivity contribution in [3.05, 3.63) is 42.6 Å². The summed E-state index contributed by atoms with van der Waals surface area (Å²) in [4.78, 5) is 4.08. The standard InChI is InChI=1S/C13H15N2O/c1-9-14-12(15-16-9)10-5-7-11(8-6-10)13(2,3)4/h5-8H,1H2,2-4H3. The highest BCUT2D eigenvalue weighted by atomic mass is 16.5. The monoisotopic (exact) mass is 215 g/mol. The molecule has 3 heteroatoms. The minimum absolute atomic E-state index is 0.160. The van der Waals surface area contributed by atoms with E-state index in [0.717, 1.165) is 5.56 Å². The zero-order valence-corrected chi connectivity index (χ0v) is 9.82. The van der Waals surface area contributed by atoms with Crippen LogP contribution in [0.3, 0.4) is 0 Å². The van der Waals surface area contributed by atoms with E-state index in [1.165, 1.54) is 5.56 Å². The molecule has 0 fully saturated rings. The first kappa shape index (κ1) is 10.9. The Morgan fingerprint density at radius 3 is 2.19 bits per heavy atom. The van der Waals surface area contributed by atoms with E-state index in [1.807, 2.05) is 12.1 Å². The molecule has 1 aromatic heterocycles. The fourth-order valence-corrected chi connectivity index (χ4v) is 1.49. The topological polar surface area (TPSA) is 38.9 Å². The van der Waals surface area contributed by atoms with Crippen LogP contribution in [0.15, 0.2) is 28.8 Å². The van der Waals surface area contributed by atoms with Crippen LogP contribution in [0.1, 0.15) is 32.2 Å². The number of aromatic nitrogens is 2. The van der Waals surface area contributed by atoms with Gasteiger partial charge >= 0.3 is 0 Å². The van der Waals surface area contributed by atoms with Crippen molar-refractivity contribution in [1.82, 2.24) is 10.1 Å². The molecule has 0 aliphatic rings. The molecular weight excluding hydrogens is 200 g/mol. The molecule has 1 radical (unpaired) electrons. The summed E-state index contributed by atoms with van der Waals surface area (Å²) in [5.74, 6) is 0.931. The molecule has 0 unspecified atom stereocenters. The van der Waals surface area contributed by atoms with E-state index in [4.69, 9.17) is 4.52 Å². The second-order valence-electron chi connectivity index (χ2n) is 4.84. The zero-order valence-electron chi connectivity index (χ0n) is 9.82. The highest BCUT2D eigenvalue weighted by molar-refractivity contribution is 5.55. The number of hydrogen-bond donors (Lipinski definition) is 0. The lowest BCUT2D eigenvalue weighted by molar-refractivity contribution is 0.405. The van der Waals surface area contributed by atoms with Crippen LogP contribution in [-0.4, -0.2) is 10.1 Å². The molecule has 0 N–H and O–H groups in total. The maximum atomic E-state index is 4.84. The third-order valence-corrected chi connectivity index (χ3v) is 2.48. The van der Waals surface area contributed by atoms with Crippen molar-refractivity contribution < 1.29 is 4.52 Å². The van der Waals surface area contributed by atoms with Crippen molar-refractivity contribution in [3.8, 4) is 11.4 Å². The van der Waals surface area contributed by atoms with Crippen LogP contribution in [0, 0.1) is 6.92 Å². The number of hydrogen-bond acceptors (Lipinski definition) is 3. The molecule has 1 aromatic carbocycles. The van der Waals surface area contributed by atoms with Crippen molar-refractivity contribution in [2.45, 2.75) is 26.2 Å². The molecule has 0 saturated heterocycles. The molecule has 0 amide bonds.